The molecule has 4 nitrogen and oxygen atoms in total. The van der Waals surface area contributed by atoms with Crippen LogP contribution in [0.4, 0.5) is 0 Å². The van der Waals surface area contributed by atoms with Crippen LogP contribution in [0, 0.1) is 0 Å². The van der Waals surface area contributed by atoms with Crippen molar-refractivity contribution in [2.75, 3.05) is 7.11 Å². The maximum Gasteiger partial charge on any atom is 0.215 e. The van der Waals surface area contributed by atoms with Crippen LogP contribution in [-0.2, 0) is 0 Å². The smallest absolute Gasteiger partial charge is 0.215 e. The molecule has 4 heteroatoms. The van der Waals surface area contributed by atoms with Gasteiger partial charge in [0.15, 0.2) is 5.65 Å². The van der Waals surface area contributed by atoms with Crippen LogP contribution in [0.1, 0.15) is 29.6 Å². The second-order valence-electron chi connectivity index (χ2n) is 5.21. The van der Waals surface area contributed by atoms with E-state index >= 15 is 0 Å². The molecule has 4 rings (SSSR count). The third-order valence-corrected chi connectivity index (χ3v) is 3.92. The Morgan fingerprint density at radius 2 is 1.90 bits per heavy atom. The Morgan fingerprint density at radius 1 is 1.05 bits per heavy atom. The fourth-order valence-electron chi connectivity index (χ4n) is 2.75. The van der Waals surface area contributed by atoms with Crippen LogP contribution >= 0.6 is 0 Å². The van der Waals surface area contributed by atoms with E-state index in [1.54, 1.807) is 7.11 Å². The van der Waals surface area contributed by atoms with Crippen LogP contribution in [0.2, 0.25) is 0 Å². The van der Waals surface area contributed by atoms with E-state index in [-0.39, 0.29) is 0 Å². The topological polar surface area (TPSA) is 50.8 Å². The average Bonchev–Trinajstić information content (AvgIpc) is 3.20. The molecule has 20 heavy (non-hydrogen) atoms. The number of imidazole rings is 1. The van der Waals surface area contributed by atoms with Crippen molar-refractivity contribution in [1.29, 1.82) is 0 Å². The third-order valence-electron chi connectivity index (χ3n) is 3.92. The van der Waals surface area contributed by atoms with Crippen molar-refractivity contribution in [1.82, 2.24) is 15.0 Å². The Hall–Kier alpha value is -2.36. The quantitative estimate of drug-likeness (QED) is 0.791. The first-order chi connectivity index (χ1) is 9.85. The van der Waals surface area contributed by atoms with Crippen molar-refractivity contribution < 1.29 is 4.74 Å². The van der Waals surface area contributed by atoms with Gasteiger partial charge in [-0.1, -0.05) is 30.3 Å². The van der Waals surface area contributed by atoms with E-state index < -0.39 is 0 Å². The number of pyridine rings is 1. The summed E-state index contributed by atoms with van der Waals surface area (Å²) in [5.41, 5.74) is 3.10. The third kappa shape index (κ3) is 1.84. The van der Waals surface area contributed by atoms with Gasteiger partial charge in [0.2, 0.25) is 5.88 Å². The number of nitrogens with one attached hydrogen (secondary N) is 1. The molecule has 1 fully saturated rings. The van der Waals surface area contributed by atoms with Gasteiger partial charge in [-0.05, 0) is 24.0 Å². The van der Waals surface area contributed by atoms with Gasteiger partial charge in [0.25, 0.3) is 0 Å². The number of hydrogen-bond donors (Lipinski definition) is 1. The highest BCUT2D eigenvalue weighted by Gasteiger charge is 2.41. The SMILES string of the molecule is COc1ccc2[nH]c(C3CC3c3ccccc3)nc2n1. The molecule has 1 aliphatic carbocycles. The number of fused-ring (bicyclic) bond motifs is 1. The summed E-state index contributed by atoms with van der Waals surface area (Å²) in [5.74, 6) is 2.71. The lowest BCUT2D eigenvalue weighted by Gasteiger charge is -1.97. The molecular weight excluding hydrogens is 250 g/mol. The molecule has 0 amide bonds. The lowest BCUT2D eigenvalue weighted by Crippen LogP contribution is -1.87. The predicted molar refractivity (Wildman–Crippen MR) is 77.0 cm³/mol. The molecule has 0 radical (unpaired) electrons. The van der Waals surface area contributed by atoms with Crippen molar-refractivity contribution in [3.63, 3.8) is 0 Å². The summed E-state index contributed by atoms with van der Waals surface area (Å²) in [4.78, 5) is 12.3. The number of nitrogens with zero attached hydrogens (tertiary/aromatic N) is 2. The minimum atomic E-state index is 0.484. The molecule has 0 saturated heterocycles. The summed E-state index contributed by atoms with van der Waals surface area (Å²) in [5, 5.41) is 0. The van der Waals surface area contributed by atoms with E-state index in [1.807, 2.05) is 12.1 Å². The van der Waals surface area contributed by atoms with Crippen LogP contribution in [-0.4, -0.2) is 22.1 Å². The standard InChI is InChI=1S/C16H15N3O/c1-20-14-8-7-13-16(18-14)19-15(17-13)12-9-11(12)10-5-3-2-4-6-10/h2-8,11-12H,9H2,1H3,(H,17,18,19). The number of methoxy groups -OCH3 is 1. The van der Waals surface area contributed by atoms with Gasteiger partial charge in [0, 0.05) is 12.0 Å². The summed E-state index contributed by atoms with van der Waals surface area (Å²) in [7, 11) is 1.62. The van der Waals surface area contributed by atoms with Gasteiger partial charge in [-0.25, -0.2) is 4.98 Å². The molecule has 100 valence electrons. The largest absolute Gasteiger partial charge is 0.481 e. The molecule has 1 aliphatic rings. The molecular formula is C16H15N3O. The monoisotopic (exact) mass is 265 g/mol. The van der Waals surface area contributed by atoms with E-state index in [0.717, 1.165) is 23.4 Å². The highest BCUT2D eigenvalue weighted by molar-refractivity contribution is 5.71. The lowest BCUT2D eigenvalue weighted by atomic mass is 10.1. The maximum absolute atomic E-state index is 5.13. The molecule has 2 unspecified atom stereocenters. The second kappa shape index (κ2) is 4.34. The minimum absolute atomic E-state index is 0.484. The van der Waals surface area contributed by atoms with E-state index in [4.69, 9.17) is 4.74 Å². The number of ether oxygens (including phenoxy) is 1. The van der Waals surface area contributed by atoms with Gasteiger partial charge in [-0.2, -0.15) is 4.98 Å². The second-order valence-corrected chi connectivity index (χ2v) is 5.21. The molecule has 0 spiro atoms. The first kappa shape index (κ1) is 11.5. The Labute approximate surface area is 116 Å². The number of rotatable bonds is 3. The Kier molecular flexibility index (Phi) is 2.49. The van der Waals surface area contributed by atoms with Crippen LogP contribution in [0.5, 0.6) is 5.88 Å². The van der Waals surface area contributed by atoms with E-state index in [9.17, 15) is 0 Å². The number of H-pyrrole nitrogens is 1. The Balaban J connectivity index is 1.64. The number of aromatic amines is 1. The van der Waals surface area contributed by atoms with Crippen molar-refractivity contribution in [3.8, 4) is 5.88 Å². The summed E-state index contributed by atoms with van der Waals surface area (Å²) in [6, 6.07) is 14.4. The molecule has 3 aromatic rings. The van der Waals surface area contributed by atoms with Gasteiger partial charge in [-0.15, -0.1) is 0 Å². The van der Waals surface area contributed by atoms with Gasteiger partial charge in [-0.3, -0.25) is 0 Å². The Bertz CT molecular complexity index is 751. The zero-order valence-electron chi connectivity index (χ0n) is 11.2. The maximum atomic E-state index is 5.13. The van der Waals surface area contributed by atoms with E-state index in [1.165, 1.54) is 5.56 Å². The lowest BCUT2D eigenvalue weighted by molar-refractivity contribution is 0.399. The first-order valence-corrected chi connectivity index (χ1v) is 6.81. The number of benzene rings is 1. The van der Waals surface area contributed by atoms with Crippen LogP contribution in [0.3, 0.4) is 0 Å². The average molecular weight is 265 g/mol. The number of hydrogen-bond acceptors (Lipinski definition) is 3. The normalized spacial score (nSPS) is 21.1. The molecule has 1 aromatic carbocycles. The van der Waals surface area contributed by atoms with Crippen LogP contribution < -0.4 is 4.74 Å². The van der Waals surface area contributed by atoms with E-state index in [0.29, 0.717) is 17.7 Å². The molecule has 2 aromatic heterocycles. The van der Waals surface area contributed by atoms with E-state index in [2.05, 4.69) is 45.3 Å². The van der Waals surface area contributed by atoms with Crippen molar-refractivity contribution >= 4 is 11.2 Å². The number of aromatic nitrogens is 3. The Morgan fingerprint density at radius 3 is 2.70 bits per heavy atom. The van der Waals surface area contributed by atoms with Crippen molar-refractivity contribution in [2.45, 2.75) is 18.3 Å². The zero-order chi connectivity index (χ0) is 13.5. The fourth-order valence-corrected chi connectivity index (χ4v) is 2.75. The summed E-state index contributed by atoms with van der Waals surface area (Å²) in [6.45, 7) is 0. The highest BCUT2D eigenvalue weighted by Crippen LogP contribution is 2.53. The van der Waals surface area contributed by atoms with Gasteiger partial charge in [0.05, 0.1) is 12.6 Å². The van der Waals surface area contributed by atoms with Crippen molar-refractivity contribution in [3.05, 3.63) is 53.9 Å². The van der Waals surface area contributed by atoms with Crippen molar-refractivity contribution in [2.24, 2.45) is 0 Å². The van der Waals surface area contributed by atoms with Crippen LogP contribution in [0.25, 0.3) is 11.2 Å². The molecule has 0 bridgehead atoms. The minimum Gasteiger partial charge on any atom is -0.481 e. The molecule has 2 heterocycles. The van der Waals surface area contributed by atoms with Crippen LogP contribution in [0.15, 0.2) is 42.5 Å². The summed E-state index contributed by atoms with van der Waals surface area (Å²) >= 11 is 0. The molecule has 1 saturated carbocycles. The molecule has 0 aliphatic heterocycles. The zero-order valence-corrected chi connectivity index (χ0v) is 11.2. The summed E-state index contributed by atoms with van der Waals surface area (Å²) in [6.07, 6.45) is 1.15. The first-order valence-electron chi connectivity index (χ1n) is 6.81. The summed E-state index contributed by atoms with van der Waals surface area (Å²) < 4.78 is 5.13. The fraction of sp³-hybridized carbons (Fsp3) is 0.250. The van der Waals surface area contributed by atoms with Gasteiger partial charge < -0.3 is 9.72 Å². The molecule has 1 N–H and O–H groups in total. The van der Waals surface area contributed by atoms with Gasteiger partial charge in [0.1, 0.15) is 5.82 Å². The highest BCUT2D eigenvalue weighted by atomic mass is 16.5. The van der Waals surface area contributed by atoms with Gasteiger partial charge >= 0.3 is 0 Å². The predicted octanol–water partition coefficient (Wildman–Crippen LogP) is 3.24. The molecule has 2 atom stereocenters.